The summed E-state index contributed by atoms with van der Waals surface area (Å²) in [5.41, 5.74) is 0. The van der Waals surface area contributed by atoms with Gasteiger partial charge in [0.25, 0.3) is 0 Å². The molecule has 2 heterocycles. The molecule has 0 saturated carbocycles. The van der Waals surface area contributed by atoms with Gasteiger partial charge < -0.3 is 26.0 Å². The van der Waals surface area contributed by atoms with Gasteiger partial charge in [0, 0.05) is 17.4 Å². The number of hydrogen-bond donors (Lipinski definition) is 5. The Bertz CT molecular complexity index is 374. The second-order valence-electron chi connectivity index (χ2n) is 4.54. The summed E-state index contributed by atoms with van der Waals surface area (Å²) in [6.07, 6.45) is 1.05. The van der Waals surface area contributed by atoms with Crippen molar-refractivity contribution in [2.45, 2.75) is 43.0 Å². The molecule has 2 amide bonds. The largest absolute Gasteiger partial charge is 0.503 e. The van der Waals surface area contributed by atoms with Gasteiger partial charge in [-0.3, -0.25) is 4.79 Å². The van der Waals surface area contributed by atoms with E-state index in [1.807, 2.05) is 11.8 Å². The van der Waals surface area contributed by atoms with E-state index >= 15 is 0 Å². The van der Waals surface area contributed by atoms with Gasteiger partial charge in [-0.1, -0.05) is 6.42 Å². The average Bonchev–Trinajstić information content (AvgIpc) is 2.83. The average molecular weight is 306 g/mol. The van der Waals surface area contributed by atoms with Crippen LogP contribution in [0.2, 0.25) is 0 Å². The highest BCUT2D eigenvalue weighted by atomic mass is 32.2. The number of rotatable bonds is 5. The summed E-state index contributed by atoms with van der Waals surface area (Å²) in [4.78, 5) is 30.0. The number of carboxylic acids is 1. The number of thioether (sulfide) groups is 1. The molecule has 2 aliphatic heterocycles. The lowest BCUT2D eigenvalue weighted by Crippen LogP contribution is -2.36. The second kappa shape index (κ2) is 7.83. The lowest BCUT2D eigenvalue weighted by atomic mass is 10.0. The van der Waals surface area contributed by atoms with Gasteiger partial charge in [-0.25, -0.2) is 9.59 Å². The van der Waals surface area contributed by atoms with Crippen LogP contribution in [-0.4, -0.2) is 56.6 Å². The first-order valence-electron chi connectivity index (χ1n) is 6.22. The number of unbranched alkanes of at least 4 members (excludes halogenated alkanes) is 1. The molecule has 0 radical (unpaired) electrons. The Morgan fingerprint density at radius 2 is 1.85 bits per heavy atom. The first-order valence-corrected chi connectivity index (χ1v) is 7.27. The summed E-state index contributed by atoms with van der Waals surface area (Å²) in [6.45, 7) is 0. The summed E-state index contributed by atoms with van der Waals surface area (Å²) >= 11 is 1.87. The molecule has 2 fully saturated rings. The minimum atomic E-state index is -1.83. The zero-order valence-corrected chi connectivity index (χ0v) is 11.6. The smallest absolute Gasteiger partial charge is 0.481 e. The lowest BCUT2D eigenvalue weighted by Gasteiger charge is -2.16. The third kappa shape index (κ3) is 5.55. The molecule has 114 valence electrons. The standard InChI is InChI=1S/C10H16N2O3S.CH2O3/c13-8(14)4-2-1-3-7-9-6(5-16-7)11-10(15)12-9;2-1(3)4/h6-7,9H,1-5H2,(H,13,14)(H2,11,12,15);(H2,2,3,4)/t6-,7-,9-;/m0./s1. The van der Waals surface area contributed by atoms with Gasteiger partial charge in [0.15, 0.2) is 0 Å². The summed E-state index contributed by atoms with van der Waals surface area (Å²) in [6, 6.07) is 0.440. The van der Waals surface area contributed by atoms with E-state index in [2.05, 4.69) is 10.6 Å². The van der Waals surface area contributed by atoms with Crippen molar-refractivity contribution in [2.24, 2.45) is 0 Å². The summed E-state index contributed by atoms with van der Waals surface area (Å²) in [5.74, 6) is 0.236. The van der Waals surface area contributed by atoms with Gasteiger partial charge in [-0.15, -0.1) is 0 Å². The van der Waals surface area contributed by atoms with Gasteiger partial charge >= 0.3 is 18.2 Å². The van der Waals surface area contributed by atoms with Gasteiger partial charge in [0.1, 0.15) is 0 Å². The van der Waals surface area contributed by atoms with Gasteiger partial charge in [-0.05, 0) is 12.8 Å². The molecule has 0 aliphatic carbocycles. The highest BCUT2D eigenvalue weighted by Gasteiger charge is 2.42. The SMILES string of the molecule is O=C(O)CCCC[C@@H]1SC[C@@H]2NC(=O)N[C@@H]21.O=C(O)O. The van der Waals surface area contributed by atoms with Gasteiger partial charge in [0.2, 0.25) is 0 Å². The van der Waals surface area contributed by atoms with Crippen molar-refractivity contribution in [1.82, 2.24) is 10.6 Å². The van der Waals surface area contributed by atoms with Crippen LogP contribution in [-0.2, 0) is 4.79 Å². The summed E-state index contributed by atoms with van der Waals surface area (Å²) in [7, 11) is 0. The van der Waals surface area contributed by atoms with Crippen LogP contribution < -0.4 is 10.6 Å². The quantitative estimate of drug-likeness (QED) is 0.378. The first kappa shape index (κ1) is 16.4. The Balaban J connectivity index is 0.000000444. The molecule has 0 aromatic heterocycles. The molecule has 0 bridgehead atoms. The molecule has 2 rings (SSSR count). The number of fused-ring (bicyclic) bond motifs is 1. The minimum absolute atomic E-state index is 0.0640. The predicted molar refractivity (Wildman–Crippen MR) is 72.2 cm³/mol. The molecular weight excluding hydrogens is 288 g/mol. The Morgan fingerprint density at radius 3 is 2.45 bits per heavy atom. The number of carbonyl (C=O) groups excluding carboxylic acids is 1. The van der Waals surface area contributed by atoms with Crippen LogP contribution in [0.3, 0.4) is 0 Å². The monoisotopic (exact) mass is 306 g/mol. The molecule has 0 aromatic rings. The van der Waals surface area contributed by atoms with Crippen molar-refractivity contribution in [1.29, 1.82) is 0 Å². The van der Waals surface area contributed by atoms with E-state index in [4.69, 9.17) is 20.1 Å². The number of hydrogen-bond acceptors (Lipinski definition) is 4. The van der Waals surface area contributed by atoms with Crippen molar-refractivity contribution in [3.8, 4) is 0 Å². The van der Waals surface area contributed by atoms with Crippen LogP contribution in [0.25, 0.3) is 0 Å². The van der Waals surface area contributed by atoms with E-state index in [0.717, 1.165) is 25.0 Å². The number of carbonyl (C=O) groups is 3. The fourth-order valence-electron chi connectivity index (χ4n) is 2.26. The van der Waals surface area contributed by atoms with Gasteiger partial charge in [0.05, 0.1) is 12.1 Å². The van der Waals surface area contributed by atoms with E-state index in [1.165, 1.54) is 0 Å². The number of carboxylic acid groups (broad SMARTS) is 3. The van der Waals surface area contributed by atoms with E-state index < -0.39 is 12.1 Å². The molecule has 0 unspecified atom stereocenters. The highest BCUT2D eigenvalue weighted by molar-refractivity contribution is 8.00. The minimum Gasteiger partial charge on any atom is -0.481 e. The maximum Gasteiger partial charge on any atom is 0.503 e. The van der Waals surface area contributed by atoms with Crippen LogP contribution in [0.1, 0.15) is 25.7 Å². The number of nitrogens with one attached hydrogen (secondary N) is 2. The first-order chi connectivity index (χ1) is 9.40. The predicted octanol–water partition coefficient (Wildman–Crippen LogP) is 1.02. The Kier molecular flexibility index (Phi) is 6.43. The Hall–Kier alpha value is -1.64. The van der Waals surface area contributed by atoms with Crippen molar-refractivity contribution in [2.75, 3.05) is 5.75 Å². The summed E-state index contributed by atoms with van der Waals surface area (Å²) < 4.78 is 0. The van der Waals surface area contributed by atoms with E-state index in [0.29, 0.717) is 5.25 Å². The molecule has 5 N–H and O–H groups in total. The van der Waals surface area contributed by atoms with Crippen LogP contribution in [0, 0.1) is 0 Å². The molecule has 3 atom stereocenters. The van der Waals surface area contributed by atoms with E-state index in [9.17, 15) is 9.59 Å². The second-order valence-corrected chi connectivity index (χ2v) is 5.82. The maximum absolute atomic E-state index is 11.1. The van der Waals surface area contributed by atoms with Crippen LogP contribution in [0.15, 0.2) is 0 Å². The molecule has 0 spiro atoms. The molecule has 0 aromatic carbocycles. The number of aliphatic carboxylic acids is 1. The molecule has 9 heteroatoms. The van der Waals surface area contributed by atoms with Crippen molar-refractivity contribution < 1.29 is 29.7 Å². The topological polar surface area (TPSA) is 136 Å². The molecule has 2 aliphatic rings. The zero-order chi connectivity index (χ0) is 15.1. The van der Waals surface area contributed by atoms with E-state index in [1.54, 1.807) is 0 Å². The zero-order valence-electron chi connectivity index (χ0n) is 10.7. The van der Waals surface area contributed by atoms with Crippen LogP contribution in [0.4, 0.5) is 9.59 Å². The molecule has 8 nitrogen and oxygen atoms in total. The fraction of sp³-hybridized carbons (Fsp3) is 0.727. The van der Waals surface area contributed by atoms with Crippen molar-refractivity contribution >= 4 is 29.9 Å². The van der Waals surface area contributed by atoms with Crippen LogP contribution in [0.5, 0.6) is 0 Å². The summed E-state index contributed by atoms with van der Waals surface area (Å²) in [5, 5.41) is 28.7. The lowest BCUT2D eigenvalue weighted by molar-refractivity contribution is -0.137. The van der Waals surface area contributed by atoms with Gasteiger partial charge in [-0.2, -0.15) is 11.8 Å². The molecule has 20 heavy (non-hydrogen) atoms. The maximum atomic E-state index is 11.1. The normalized spacial score (nSPS) is 26.8. The third-order valence-corrected chi connectivity index (χ3v) is 4.58. The molecular formula is C11H18N2O6S. The number of urea groups is 1. The van der Waals surface area contributed by atoms with Crippen LogP contribution >= 0.6 is 11.8 Å². The Morgan fingerprint density at radius 1 is 1.20 bits per heavy atom. The number of amides is 2. The highest BCUT2D eigenvalue weighted by Crippen LogP contribution is 2.33. The van der Waals surface area contributed by atoms with Crippen molar-refractivity contribution in [3.05, 3.63) is 0 Å². The third-order valence-electron chi connectivity index (χ3n) is 3.07. The van der Waals surface area contributed by atoms with E-state index in [-0.39, 0.29) is 24.5 Å². The Labute approximate surface area is 119 Å². The molecule has 2 saturated heterocycles. The fourth-order valence-corrected chi connectivity index (χ4v) is 3.81. The van der Waals surface area contributed by atoms with Crippen molar-refractivity contribution in [3.63, 3.8) is 0 Å².